The number of amides is 1. The molecule has 4 aromatic rings. The van der Waals surface area contributed by atoms with Crippen molar-refractivity contribution in [2.45, 2.75) is 19.9 Å². The number of nitrogens with one attached hydrogen (secondary N) is 2. The van der Waals surface area contributed by atoms with Crippen molar-refractivity contribution < 1.29 is 9.53 Å². The molecule has 0 aliphatic carbocycles. The molecule has 1 amide bonds. The molecular weight excluding hydrogens is 416 g/mol. The normalized spacial score (nSPS) is 11.6. The number of rotatable bonds is 7. The average molecular weight is 443 g/mol. The van der Waals surface area contributed by atoms with Gasteiger partial charge in [-0.1, -0.05) is 48.5 Å². The molecule has 0 aliphatic heterocycles. The summed E-state index contributed by atoms with van der Waals surface area (Å²) < 4.78 is 5.30. The van der Waals surface area contributed by atoms with Crippen molar-refractivity contribution in [3.8, 4) is 5.75 Å². The van der Waals surface area contributed by atoms with Gasteiger partial charge in [-0.2, -0.15) is 0 Å². The van der Waals surface area contributed by atoms with Crippen molar-refractivity contribution in [3.63, 3.8) is 0 Å². The van der Waals surface area contributed by atoms with Crippen molar-refractivity contribution in [1.82, 2.24) is 0 Å². The van der Waals surface area contributed by atoms with Crippen LogP contribution in [0, 0.1) is 13.8 Å². The summed E-state index contributed by atoms with van der Waals surface area (Å²) in [5.41, 5.74) is 5.00. The summed E-state index contributed by atoms with van der Waals surface area (Å²) in [6, 6.07) is 27.4. The molecular formula is C27H26N2O2S. The molecule has 2 N–H and O–H groups in total. The van der Waals surface area contributed by atoms with E-state index in [0.717, 1.165) is 27.6 Å². The summed E-state index contributed by atoms with van der Waals surface area (Å²) in [6.07, 6.45) is 0. The number of anilines is 2. The number of hydrogen-bond donors (Lipinski definition) is 2. The van der Waals surface area contributed by atoms with Crippen LogP contribution in [0.25, 0.3) is 0 Å². The lowest BCUT2D eigenvalue weighted by atomic mass is 9.96. The lowest BCUT2D eigenvalue weighted by Crippen LogP contribution is -2.17. The highest BCUT2D eigenvalue weighted by Gasteiger charge is 2.24. The predicted molar refractivity (Wildman–Crippen MR) is 133 cm³/mol. The highest BCUT2D eigenvalue weighted by molar-refractivity contribution is 7.16. The van der Waals surface area contributed by atoms with E-state index in [0.29, 0.717) is 5.56 Å². The van der Waals surface area contributed by atoms with E-state index in [2.05, 4.69) is 36.6 Å². The van der Waals surface area contributed by atoms with Crippen molar-refractivity contribution >= 4 is 27.9 Å². The third kappa shape index (κ3) is 4.68. The summed E-state index contributed by atoms with van der Waals surface area (Å²) in [4.78, 5) is 14.1. The molecule has 5 heteroatoms. The lowest BCUT2D eigenvalue weighted by Gasteiger charge is -2.23. The van der Waals surface area contributed by atoms with Gasteiger partial charge < -0.3 is 15.4 Å². The molecule has 32 heavy (non-hydrogen) atoms. The topological polar surface area (TPSA) is 50.4 Å². The molecule has 0 bridgehead atoms. The zero-order valence-electron chi connectivity index (χ0n) is 18.4. The van der Waals surface area contributed by atoms with Gasteiger partial charge in [-0.25, -0.2) is 0 Å². The van der Waals surface area contributed by atoms with Gasteiger partial charge in [0.25, 0.3) is 5.91 Å². The first-order valence-corrected chi connectivity index (χ1v) is 11.3. The largest absolute Gasteiger partial charge is 0.497 e. The lowest BCUT2D eigenvalue weighted by molar-refractivity contribution is 0.102. The van der Waals surface area contributed by atoms with Crippen LogP contribution in [-0.4, -0.2) is 13.0 Å². The molecule has 4 rings (SSSR count). The number of ether oxygens (including phenoxy) is 1. The van der Waals surface area contributed by atoms with Crippen LogP contribution < -0.4 is 15.4 Å². The quantitative estimate of drug-likeness (QED) is 0.330. The van der Waals surface area contributed by atoms with Gasteiger partial charge >= 0.3 is 0 Å². The zero-order valence-corrected chi connectivity index (χ0v) is 19.2. The summed E-state index contributed by atoms with van der Waals surface area (Å²) >= 11 is 1.61. The molecule has 0 fully saturated rings. The Balaban J connectivity index is 1.74. The molecule has 1 heterocycles. The van der Waals surface area contributed by atoms with E-state index in [1.54, 1.807) is 18.4 Å². The van der Waals surface area contributed by atoms with E-state index in [4.69, 9.17) is 4.74 Å². The van der Waals surface area contributed by atoms with Crippen molar-refractivity contribution in [2.75, 3.05) is 17.7 Å². The second kappa shape index (κ2) is 9.71. The number of carbonyl (C=O) groups is 1. The number of methoxy groups -OCH3 is 1. The van der Waals surface area contributed by atoms with Crippen molar-refractivity contribution in [1.29, 1.82) is 0 Å². The Morgan fingerprint density at radius 1 is 0.875 bits per heavy atom. The van der Waals surface area contributed by atoms with Gasteiger partial charge in [-0.3, -0.25) is 4.79 Å². The van der Waals surface area contributed by atoms with E-state index >= 15 is 0 Å². The molecule has 3 aromatic carbocycles. The minimum atomic E-state index is -0.124. The van der Waals surface area contributed by atoms with Gasteiger partial charge in [0.2, 0.25) is 0 Å². The Bertz CT molecular complexity index is 1190. The minimum absolute atomic E-state index is 0.107. The van der Waals surface area contributed by atoms with E-state index in [9.17, 15) is 4.79 Å². The SMILES string of the molecule is COc1ccc(NC(c2ccccc2)c2c(NC(=O)c3ccccc3)sc(C)c2C)cc1. The first-order chi connectivity index (χ1) is 15.6. The van der Waals surface area contributed by atoms with Crippen LogP contribution in [0.15, 0.2) is 84.9 Å². The second-order valence-corrected chi connectivity index (χ2v) is 8.79. The van der Waals surface area contributed by atoms with E-state index in [1.165, 1.54) is 10.4 Å². The Hall–Kier alpha value is -3.57. The van der Waals surface area contributed by atoms with Crippen molar-refractivity contribution in [3.05, 3.63) is 112 Å². The number of carbonyl (C=O) groups excluding carboxylic acids is 1. The average Bonchev–Trinajstić information content (AvgIpc) is 3.11. The molecule has 1 unspecified atom stereocenters. The van der Waals surface area contributed by atoms with E-state index in [1.807, 2.05) is 72.8 Å². The maximum Gasteiger partial charge on any atom is 0.256 e. The molecule has 0 saturated carbocycles. The second-order valence-electron chi connectivity index (χ2n) is 7.56. The first kappa shape index (κ1) is 21.7. The fraction of sp³-hybridized carbons (Fsp3) is 0.148. The standard InChI is InChI=1S/C27H26N2O2S/c1-18-19(2)32-27(29-26(30)21-12-8-5-9-13-21)24(18)25(20-10-6-4-7-11-20)28-22-14-16-23(31-3)17-15-22/h4-17,25,28H,1-3H3,(H,29,30). The third-order valence-corrected chi connectivity index (χ3v) is 6.66. The van der Waals surface area contributed by atoms with Gasteiger partial charge in [0, 0.05) is 21.7 Å². The molecule has 0 radical (unpaired) electrons. The number of aryl methyl sites for hydroxylation is 1. The molecule has 4 nitrogen and oxygen atoms in total. The number of hydrogen-bond acceptors (Lipinski definition) is 4. The molecule has 0 saturated heterocycles. The molecule has 0 spiro atoms. The molecule has 0 aliphatic rings. The van der Waals surface area contributed by atoms with Crippen LogP contribution in [0.3, 0.4) is 0 Å². The maximum atomic E-state index is 12.9. The fourth-order valence-electron chi connectivity index (χ4n) is 3.67. The summed E-state index contributed by atoms with van der Waals surface area (Å²) in [6.45, 7) is 4.21. The van der Waals surface area contributed by atoms with Gasteiger partial charge in [-0.05, 0) is 61.4 Å². The predicted octanol–water partition coefficient (Wildman–Crippen LogP) is 6.83. The van der Waals surface area contributed by atoms with Crippen LogP contribution in [0.5, 0.6) is 5.75 Å². The van der Waals surface area contributed by atoms with Crippen molar-refractivity contribution in [2.24, 2.45) is 0 Å². The third-order valence-electron chi connectivity index (χ3n) is 5.52. The van der Waals surface area contributed by atoms with Gasteiger partial charge in [-0.15, -0.1) is 11.3 Å². The Morgan fingerprint density at radius 3 is 2.12 bits per heavy atom. The Kier molecular flexibility index (Phi) is 6.57. The van der Waals surface area contributed by atoms with Crippen LogP contribution in [0.4, 0.5) is 10.7 Å². The van der Waals surface area contributed by atoms with Gasteiger partial charge in [0.05, 0.1) is 13.2 Å². The Morgan fingerprint density at radius 2 is 1.50 bits per heavy atom. The Labute approximate surface area is 192 Å². The van der Waals surface area contributed by atoms with Gasteiger partial charge in [0.1, 0.15) is 10.8 Å². The van der Waals surface area contributed by atoms with E-state index in [-0.39, 0.29) is 11.9 Å². The molecule has 1 aromatic heterocycles. The molecule has 162 valence electrons. The van der Waals surface area contributed by atoms with Crippen LogP contribution in [-0.2, 0) is 0 Å². The number of thiophene rings is 1. The highest BCUT2D eigenvalue weighted by Crippen LogP contribution is 2.41. The van der Waals surface area contributed by atoms with Crippen LogP contribution in [0.1, 0.15) is 38.0 Å². The highest BCUT2D eigenvalue weighted by atomic mass is 32.1. The van der Waals surface area contributed by atoms with Crippen LogP contribution in [0.2, 0.25) is 0 Å². The van der Waals surface area contributed by atoms with Crippen LogP contribution >= 0.6 is 11.3 Å². The van der Waals surface area contributed by atoms with E-state index < -0.39 is 0 Å². The summed E-state index contributed by atoms with van der Waals surface area (Å²) in [7, 11) is 1.66. The molecule has 1 atom stereocenters. The smallest absolute Gasteiger partial charge is 0.256 e. The fourth-order valence-corrected chi connectivity index (χ4v) is 4.77. The number of benzene rings is 3. The maximum absolute atomic E-state index is 12.9. The van der Waals surface area contributed by atoms with Gasteiger partial charge in [0.15, 0.2) is 0 Å². The first-order valence-electron chi connectivity index (χ1n) is 10.5. The monoisotopic (exact) mass is 442 g/mol. The minimum Gasteiger partial charge on any atom is -0.497 e. The summed E-state index contributed by atoms with van der Waals surface area (Å²) in [5, 5.41) is 7.70. The zero-order chi connectivity index (χ0) is 22.5. The summed E-state index contributed by atoms with van der Waals surface area (Å²) in [5.74, 6) is 0.703.